The molecular formula is C37H57N7O9S. The molecule has 8 N–H and O–H groups in total. The van der Waals surface area contributed by atoms with Gasteiger partial charge in [0.15, 0.2) is 0 Å². The van der Waals surface area contributed by atoms with Gasteiger partial charge in [0.25, 0.3) is 0 Å². The van der Waals surface area contributed by atoms with Crippen LogP contribution in [-0.4, -0.2) is 94.4 Å². The van der Waals surface area contributed by atoms with E-state index >= 15 is 0 Å². The number of nitrogens with two attached hydrogens (primary N) is 2. The number of amides is 7. The van der Waals surface area contributed by atoms with Gasteiger partial charge in [-0.2, -0.15) is 0 Å². The zero-order valence-corrected chi connectivity index (χ0v) is 32.8. The summed E-state index contributed by atoms with van der Waals surface area (Å²) in [7, 11) is 0. The highest BCUT2D eigenvalue weighted by molar-refractivity contribution is 8.00. The molecule has 0 saturated carbocycles. The Hall–Kier alpha value is -4.51. The van der Waals surface area contributed by atoms with Crippen molar-refractivity contribution in [2.24, 2.45) is 23.3 Å². The number of hydrogen-bond donors (Lipinski definition) is 6. The van der Waals surface area contributed by atoms with E-state index in [-0.39, 0.29) is 86.0 Å². The van der Waals surface area contributed by atoms with Crippen molar-refractivity contribution in [3.63, 3.8) is 0 Å². The Morgan fingerprint density at radius 2 is 1.63 bits per heavy atom. The quantitative estimate of drug-likeness (QED) is 0.0504. The lowest BCUT2D eigenvalue weighted by atomic mass is 10.0. The van der Waals surface area contributed by atoms with E-state index in [4.69, 9.17) is 16.2 Å². The summed E-state index contributed by atoms with van der Waals surface area (Å²) in [5, 5.41) is 10.2. The van der Waals surface area contributed by atoms with Gasteiger partial charge in [-0.25, -0.2) is 4.79 Å². The Labute approximate surface area is 321 Å². The smallest absolute Gasteiger partial charge is 0.312 e. The number of ketones is 1. The highest BCUT2D eigenvalue weighted by Crippen LogP contribution is 2.26. The maximum atomic E-state index is 13.5. The van der Waals surface area contributed by atoms with E-state index in [9.17, 15) is 38.4 Å². The van der Waals surface area contributed by atoms with E-state index in [1.54, 1.807) is 58.9 Å². The lowest BCUT2D eigenvalue weighted by Gasteiger charge is -2.25. The number of carbonyl (C=O) groups is 8. The van der Waals surface area contributed by atoms with Gasteiger partial charge >= 0.3 is 12.0 Å². The first-order valence-electron chi connectivity index (χ1n) is 18.5. The van der Waals surface area contributed by atoms with Gasteiger partial charge in [0.05, 0.1) is 17.2 Å². The van der Waals surface area contributed by atoms with Crippen LogP contribution in [0.3, 0.4) is 0 Å². The number of Topliss-reactive ketones (excluding diaryl/α,β-unsaturated/α-hetero) is 1. The topological polar surface area (TPSA) is 249 Å². The molecule has 1 unspecified atom stereocenters. The molecule has 7 amide bonds. The molecule has 0 spiro atoms. The molecule has 1 aliphatic rings. The van der Waals surface area contributed by atoms with E-state index in [2.05, 4.69) is 21.3 Å². The van der Waals surface area contributed by atoms with Crippen molar-refractivity contribution in [2.75, 3.05) is 24.2 Å². The molecule has 1 saturated heterocycles. The van der Waals surface area contributed by atoms with Crippen molar-refractivity contribution in [3.8, 4) is 0 Å². The van der Waals surface area contributed by atoms with Gasteiger partial charge in [0.2, 0.25) is 29.5 Å². The number of primary amides is 1. The third-order valence-electron chi connectivity index (χ3n) is 8.67. The number of hydrogen-bond acceptors (Lipinski definition) is 11. The summed E-state index contributed by atoms with van der Waals surface area (Å²) in [6.07, 6.45) is 2.48. The Bertz CT molecular complexity index is 1470. The number of imide groups is 1. The number of esters is 1. The van der Waals surface area contributed by atoms with Crippen molar-refractivity contribution in [1.82, 2.24) is 20.9 Å². The lowest BCUT2D eigenvalue weighted by molar-refractivity contribution is -0.148. The summed E-state index contributed by atoms with van der Waals surface area (Å²) in [6.45, 7) is 9.22. The molecule has 1 aromatic carbocycles. The van der Waals surface area contributed by atoms with Crippen LogP contribution in [0, 0.1) is 11.8 Å². The van der Waals surface area contributed by atoms with Crippen molar-refractivity contribution in [1.29, 1.82) is 0 Å². The fraction of sp³-hybridized carbons (Fsp3) is 0.622. The second kappa shape index (κ2) is 23.3. The van der Waals surface area contributed by atoms with Gasteiger partial charge < -0.3 is 37.5 Å². The van der Waals surface area contributed by atoms with Gasteiger partial charge in [0.1, 0.15) is 24.5 Å². The fourth-order valence-electron chi connectivity index (χ4n) is 5.39. The van der Waals surface area contributed by atoms with E-state index in [0.717, 1.165) is 5.56 Å². The van der Waals surface area contributed by atoms with Gasteiger partial charge in [-0.3, -0.25) is 38.5 Å². The summed E-state index contributed by atoms with van der Waals surface area (Å²) in [4.78, 5) is 101. The number of unbranched alkanes of at least 4 members (excludes halogenated alkanes) is 2. The number of ether oxygens (including phenoxy) is 1. The van der Waals surface area contributed by atoms with E-state index in [1.165, 1.54) is 16.7 Å². The predicted octanol–water partition coefficient (Wildman–Crippen LogP) is 2.13. The number of rotatable bonds is 24. The standard InChI is InChI=1S/C37H57N7O9S/c1-6-28(45)26(38)21-54-29-19-31(47)44(35(29)50)18-9-7-8-12-30(46)43-32(22(2)3)34(49)42-27(11-10-17-40-37(39)52)33(48)41-25-15-13-24(14-16-25)20-53-36(51)23(4)5/h13-16,22-23,26-27,29,32H,6-12,17-21,38H2,1-5H3,(H,41,48)(H,42,49)(H,43,46)(H3,39,40,52)/t26-,27-,29?,32-/m0/s1. The molecule has 0 aromatic heterocycles. The number of carbonyl (C=O) groups excluding carboxylic acids is 8. The largest absolute Gasteiger partial charge is 0.461 e. The Kier molecular flexibility index (Phi) is 19.7. The normalized spacial score (nSPS) is 15.8. The Morgan fingerprint density at radius 1 is 0.944 bits per heavy atom. The van der Waals surface area contributed by atoms with Gasteiger partial charge in [-0.15, -0.1) is 11.8 Å². The molecule has 1 heterocycles. The molecule has 0 bridgehead atoms. The minimum Gasteiger partial charge on any atom is -0.461 e. The van der Waals surface area contributed by atoms with Crippen molar-refractivity contribution in [2.45, 2.75) is 116 Å². The van der Waals surface area contributed by atoms with Gasteiger partial charge in [0, 0.05) is 43.8 Å². The van der Waals surface area contributed by atoms with Crippen LogP contribution in [0.1, 0.15) is 91.5 Å². The molecule has 0 aliphatic carbocycles. The van der Waals surface area contributed by atoms with E-state index < -0.39 is 41.2 Å². The van der Waals surface area contributed by atoms with Crippen molar-refractivity contribution >= 4 is 64.8 Å². The number of nitrogens with one attached hydrogen (secondary N) is 4. The molecule has 16 nitrogen and oxygen atoms in total. The Balaban J connectivity index is 1.90. The number of urea groups is 1. The maximum absolute atomic E-state index is 13.5. The minimum atomic E-state index is -1.01. The number of benzene rings is 1. The molecule has 17 heteroatoms. The van der Waals surface area contributed by atoms with Crippen LogP contribution in [0.2, 0.25) is 0 Å². The number of anilines is 1. The highest BCUT2D eigenvalue weighted by atomic mass is 32.2. The van der Waals surface area contributed by atoms with Crippen LogP contribution < -0.4 is 32.7 Å². The maximum Gasteiger partial charge on any atom is 0.312 e. The monoisotopic (exact) mass is 775 g/mol. The third-order valence-corrected chi connectivity index (χ3v) is 9.99. The van der Waals surface area contributed by atoms with E-state index in [1.807, 2.05) is 0 Å². The molecule has 300 valence electrons. The molecule has 1 aliphatic heterocycles. The van der Waals surface area contributed by atoms with Crippen LogP contribution in [0.15, 0.2) is 24.3 Å². The Morgan fingerprint density at radius 3 is 2.24 bits per heavy atom. The SMILES string of the molecule is CCC(=O)[C@@H](N)CSC1CC(=O)N(CCCCCC(=O)N[C@H](C(=O)N[C@@H](CCCNC(N)=O)C(=O)Nc2ccc(COC(=O)C(C)C)cc2)C(C)C)C1=O. The number of likely N-dealkylation sites (tertiary alicyclic amines) is 1. The zero-order chi connectivity index (χ0) is 40.4. The van der Waals surface area contributed by atoms with Crippen LogP contribution >= 0.6 is 11.8 Å². The fourth-order valence-corrected chi connectivity index (χ4v) is 6.54. The van der Waals surface area contributed by atoms with Gasteiger partial charge in [-0.1, -0.05) is 53.2 Å². The lowest BCUT2D eigenvalue weighted by Crippen LogP contribution is -2.54. The minimum absolute atomic E-state index is 0.0655. The predicted molar refractivity (Wildman–Crippen MR) is 205 cm³/mol. The molecule has 0 radical (unpaired) electrons. The first kappa shape index (κ1) is 45.6. The zero-order valence-electron chi connectivity index (χ0n) is 31.9. The van der Waals surface area contributed by atoms with Gasteiger partial charge in [-0.05, 0) is 49.3 Å². The second-order valence-corrected chi connectivity index (χ2v) is 15.1. The average Bonchev–Trinajstić information content (AvgIpc) is 3.40. The average molecular weight is 776 g/mol. The summed E-state index contributed by atoms with van der Waals surface area (Å²) in [6, 6.07) is 3.35. The highest BCUT2D eigenvalue weighted by Gasteiger charge is 2.38. The molecule has 1 fully saturated rings. The summed E-state index contributed by atoms with van der Waals surface area (Å²) in [5.74, 6) is -2.72. The van der Waals surface area contributed by atoms with Crippen LogP contribution in [0.4, 0.5) is 10.5 Å². The molecular weight excluding hydrogens is 719 g/mol. The summed E-state index contributed by atoms with van der Waals surface area (Å²) in [5.41, 5.74) is 12.2. The summed E-state index contributed by atoms with van der Waals surface area (Å²) < 4.78 is 5.24. The van der Waals surface area contributed by atoms with Crippen LogP contribution in [-0.2, 0) is 44.9 Å². The molecule has 1 aromatic rings. The number of nitrogens with zero attached hydrogens (tertiary/aromatic N) is 1. The molecule has 54 heavy (non-hydrogen) atoms. The van der Waals surface area contributed by atoms with Crippen LogP contribution in [0.5, 0.6) is 0 Å². The third kappa shape index (κ3) is 15.8. The van der Waals surface area contributed by atoms with Crippen molar-refractivity contribution in [3.05, 3.63) is 29.8 Å². The molecule has 2 rings (SSSR count). The number of thioether (sulfide) groups is 1. The van der Waals surface area contributed by atoms with Crippen LogP contribution in [0.25, 0.3) is 0 Å². The molecule has 4 atom stereocenters. The summed E-state index contributed by atoms with van der Waals surface area (Å²) >= 11 is 1.23. The first-order valence-corrected chi connectivity index (χ1v) is 19.5. The first-order chi connectivity index (χ1) is 25.5. The van der Waals surface area contributed by atoms with Crippen molar-refractivity contribution < 1.29 is 43.1 Å². The van der Waals surface area contributed by atoms with E-state index in [0.29, 0.717) is 37.8 Å². The second-order valence-electron chi connectivity index (χ2n) is 13.9.